The maximum atomic E-state index is 12.5. The third-order valence-electron chi connectivity index (χ3n) is 6.74. The average molecular weight is 411 g/mol. The van der Waals surface area contributed by atoms with Gasteiger partial charge in [0.05, 0.1) is 11.8 Å². The minimum Gasteiger partial charge on any atom is -0.472 e. The van der Waals surface area contributed by atoms with Gasteiger partial charge in [-0.05, 0) is 63.5 Å². The zero-order chi connectivity index (χ0) is 20.9. The van der Waals surface area contributed by atoms with Crippen LogP contribution in [0.4, 0.5) is 5.69 Å². The van der Waals surface area contributed by atoms with E-state index in [1.807, 2.05) is 4.90 Å². The third-order valence-corrected chi connectivity index (χ3v) is 6.74. The number of furan rings is 1. The largest absolute Gasteiger partial charge is 0.472 e. The van der Waals surface area contributed by atoms with E-state index in [0.717, 1.165) is 32.5 Å². The van der Waals surface area contributed by atoms with Crippen LogP contribution in [0.3, 0.4) is 0 Å². The number of amides is 1. The van der Waals surface area contributed by atoms with Crippen LogP contribution in [0, 0.1) is 0 Å². The number of benzene rings is 1. The lowest BCUT2D eigenvalue weighted by atomic mass is 10.0. The van der Waals surface area contributed by atoms with E-state index in [0.29, 0.717) is 17.6 Å². The summed E-state index contributed by atoms with van der Waals surface area (Å²) in [5, 5.41) is 3.75. The monoisotopic (exact) mass is 410 g/mol. The molecule has 30 heavy (non-hydrogen) atoms. The molecule has 162 valence electrons. The molecule has 0 unspecified atom stereocenters. The zero-order valence-corrected chi connectivity index (χ0v) is 18.2. The van der Waals surface area contributed by atoms with E-state index < -0.39 is 0 Å². The average Bonchev–Trinajstić information content (AvgIpc) is 3.33. The number of rotatable bonds is 6. The highest BCUT2D eigenvalue weighted by Crippen LogP contribution is 2.26. The Kier molecular flexibility index (Phi) is 6.75. The first kappa shape index (κ1) is 20.9. The molecule has 1 N–H and O–H groups in total. The van der Waals surface area contributed by atoms with Crippen molar-refractivity contribution >= 4 is 11.6 Å². The molecule has 6 heteroatoms. The van der Waals surface area contributed by atoms with Gasteiger partial charge in [0.15, 0.2) is 0 Å². The molecule has 6 nitrogen and oxygen atoms in total. The summed E-state index contributed by atoms with van der Waals surface area (Å²) in [5.41, 5.74) is 3.34. The number of nitrogens with one attached hydrogen (secondary N) is 1. The second-order valence-corrected chi connectivity index (χ2v) is 8.73. The van der Waals surface area contributed by atoms with Gasteiger partial charge in [-0.25, -0.2) is 0 Å². The van der Waals surface area contributed by atoms with Crippen molar-refractivity contribution in [2.24, 2.45) is 0 Å². The highest BCUT2D eigenvalue weighted by atomic mass is 16.3. The molecule has 2 aliphatic heterocycles. The number of carbonyl (C=O) groups excluding carboxylic acids is 1. The summed E-state index contributed by atoms with van der Waals surface area (Å²) < 4.78 is 5.05. The molecule has 1 aromatic carbocycles. The molecule has 0 spiro atoms. The minimum absolute atomic E-state index is 0.0762. The van der Waals surface area contributed by atoms with E-state index in [-0.39, 0.29) is 5.91 Å². The van der Waals surface area contributed by atoms with Gasteiger partial charge in [0.2, 0.25) is 0 Å². The van der Waals surface area contributed by atoms with E-state index in [4.69, 9.17) is 4.42 Å². The van der Waals surface area contributed by atoms with Gasteiger partial charge in [0.25, 0.3) is 5.91 Å². The van der Waals surface area contributed by atoms with E-state index in [1.54, 1.807) is 12.3 Å². The highest BCUT2D eigenvalue weighted by molar-refractivity contribution is 5.93. The maximum Gasteiger partial charge on any atom is 0.257 e. The van der Waals surface area contributed by atoms with Crippen LogP contribution in [0.1, 0.15) is 41.6 Å². The molecule has 0 atom stereocenters. The van der Waals surface area contributed by atoms with Gasteiger partial charge < -0.3 is 24.4 Å². The Balaban J connectivity index is 1.30. The molecular formula is C24H34N4O2. The number of hydrogen-bond acceptors (Lipinski definition) is 5. The fraction of sp³-hybridized carbons (Fsp3) is 0.542. The van der Waals surface area contributed by atoms with Crippen molar-refractivity contribution in [3.63, 3.8) is 0 Å². The molecule has 0 saturated carbocycles. The van der Waals surface area contributed by atoms with Gasteiger partial charge in [-0.15, -0.1) is 0 Å². The van der Waals surface area contributed by atoms with Gasteiger partial charge in [0, 0.05) is 44.5 Å². The Morgan fingerprint density at radius 1 is 1.10 bits per heavy atom. The molecule has 1 aromatic heterocycles. The van der Waals surface area contributed by atoms with Crippen molar-refractivity contribution in [1.82, 2.24) is 15.1 Å². The van der Waals surface area contributed by atoms with Crippen LogP contribution >= 0.6 is 0 Å². The zero-order valence-electron chi connectivity index (χ0n) is 18.2. The highest BCUT2D eigenvalue weighted by Gasteiger charge is 2.25. The van der Waals surface area contributed by atoms with E-state index >= 15 is 0 Å². The molecule has 4 rings (SSSR count). The molecule has 0 bridgehead atoms. The first-order valence-electron chi connectivity index (χ1n) is 11.2. The Morgan fingerprint density at radius 2 is 1.83 bits per heavy atom. The number of likely N-dealkylation sites (tertiary alicyclic amines) is 2. The smallest absolute Gasteiger partial charge is 0.257 e. The molecule has 2 fully saturated rings. The number of para-hydroxylation sites is 1. The SMILES string of the molecule is CN1CCC(N(C)c2ccccc2CNC2CCN(C(=O)c3ccoc3)CC2)CC1. The molecule has 0 aliphatic carbocycles. The summed E-state index contributed by atoms with van der Waals surface area (Å²) in [6.45, 7) is 4.79. The van der Waals surface area contributed by atoms with E-state index in [1.165, 1.54) is 43.4 Å². The second kappa shape index (κ2) is 9.67. The topological polar surface area (TPSA) is 52.0 Å². The predicted octanol–water partition coefficient (Wildman–Crippen LogP) is 3.20. The number of piperidine rings is 2. The molecule has 3 heterocycles. The van der Waals surface area contributed by atoms with Crippen molar-refractivity contribution in [1.29, 1.82) is 0 Å². The summed E-state index contributed by atoms with van der Waals surface area (Å²) in [7, 11) is 4.46. The fourth-order valence-electron chi connectivity index (χ4n) is 4.69. The molecular weight excluding hydrogens is 376 g/mol. The quantitative estimate of drug-likeness (QED) is 0.793. The van der Waals surface area contributed by atoms with Crippen molar-refractivity contribution in [2.75, 3.05) is 45.2 Å². The first-order valence-corrected chi connectivity index (χ1v) is 11.2. The predicted molar refractivity (Wildman–Crippen MR) is 120 cm³/mol. The summed E-state index contributed by atoms with van der Waals surface area (Å²) >= 11 is 0. The maximum absolute atomic E-state index is 12.5. The van der Waals surface area contributed by atoms with Gasteiger partial charge in [0.1, 0.15) is 6.26 Å². The minimum atomic E-state index is 0.0762. The van der Waals surface area contributed by atoms with Crippen LogP contribution in [0.5, 0.6) is 0 Å². The van der Waals surface area contributed by atoms with Crippen molar-refractivity contribution in [3.8, 4) is 0 Å². The summed E-state index contributed by atoms with van der Waals surface area (Å²) in [6.07, 6.45) is 7.50. The van der Waals surface area contributed by atoms with Crippen molar-refractivity contribution in [3.05, 3.63) is 54.0 Å². The summed E-state index contributed by atoms with van der Waals surface area (Å²) in [4.78, 5) is 19.3. The lowest BCUT2D eigenvalue weighted by molar-refractivity contribution is 0.0704. The van der Waals surface area contributed by atoms with Gasteiger partial charge >= 0.3 is 0 Å². The molecule has 2 aromatic rings. The summed E-state index contributed by atoms with van der Waals surface area (Å²) in [5.74, 6) is 0.0762. The van der Waals surface area contributed by atoms with Crippen LogP contribution in [-0.2, 0) is 6.54 Å². The van der Waals surface area contributed by atoms with Crippen LogP contribution in [0.15, 0.2) is 47.3 Å². The molecule has 2 aliphatic rings. The molecule has 0 radical (unpaired) electrons. The fourth-order valence-corrected chi connectivity index (χ4v) is 4.69. The Hall–Kier alpha value is -2.31. The standard InChI is InChI=1S/C24H34N4O2/c1-26-12-9-22(10-13-26)27(2)23-6-4-3-5-19(23)17-25-21-7-14-28(15-8-21)24(29)20-11-16-30-18-20/h3-6,11,16,18,21-22,25H,7-10,12-15,17H2,1-2H3. The van der Waals surface area contributed by atoms with Gasteiger partial charge in [-0.2, -0.15) is 0 Å². The van der Waals surface area contributed by atoms with Crippen LogP contribution < -0.4 is 10.2 Å². The van der Waals surface area contributed by atoms with Crippen LogP contribution in [0.2, 0.25) is 0 Å². The van der Waals surface area contributed by atoms with Crippen molar-refractivity contribution < 1.29 is 9.21 Å². The van der Waals surface area contributed by atoms with Crippen LogP contribution in [-0.4, -0.2) is 68.1 Å². The number of hydrogen-bond donors (Lipinski definition) is 1. The van der Waals surface area contributed by atoms with E-state index in [2.05, 4.69) is 53.5 Å². The van der Waals surface area contributed by atoms with E-state index in [9.17, 15) is 4.79 Å². The number of nitrogens with zero attached hydrogens (tertiary/aromatic N) is 3. The Labute approximate surface area is 179 Å². The van der Waals surface area contributed by atoms with Crippen molar-refractivity contribution in [2.45, 2.75) is 44.3 Å². The van der Waals surface area contributed by atoms with Gasteiger partial charge in [-0.3, -0.25) is 4.79 Å². The lowest BCUT2D eigenvalue weighted by Crippen LogP contribution is -2.45. The first-order chi connectivity index (χ1) is 14.6. The Bertz CT molecular complexity index is 806. The third kappa shape index (κ3) is 4.87. The number of anilines is 1. The normalized spacial score (nSPS) is 19.2. The van der Waals surface area contributed by atoms with Crippen LogP contribution in [0.25, 0.3) is 0 Å². The van der Waals surface area contributed by atoms with Gasteiger partial charge in [-0.1, -0.05) is 18.2 Å². The summed E-state index contributed by atoms with van der Waals surface area (Å²) in [6, 6.07) is 11.6. The second-order valence-electron chi connectivity index (χ2n) is 8.73. The lowest BCUT2D eigenvalue weighted by Gasteiger charge is -2.37. The molecule has 2 saturated heterocycles. The number of carbonyl (C=O) groups is 1. The molecule has 1 amide bonds. The Morgan fingerprint density at radius 3 is 2.53 bits per heavy atom.